The Labute approximate surface area is 171 Å². The molecule has 0 radical (unpaired) electrons. The number of anilines is 1. The van der Waals surface area contributed by atoms with Crippen molar-refractivity contribution in [3.8, 4) is 17.1 Å². The number of benzene rings is 1. The number of aromatic nitrogens is 6. The minimum atomic E-state index is -0.0103. The lowest BCUT2D eigenvalue weighted by molar-refractivity contribution is 0.0746. The Morgan fingerprint density at radius 3 is 2.57 bits per heavy atom. The van der Waals surface area contributed by atoms with Crippen molar-refractivity contribution < 1.29 is 9.21 Å². The lowest BCUT2D eigenvalue weighted by Crippen LogP contribution is -2.49. The van der Waals surface area contributed by atoms with E-state index in [-0.39, 0.29) is 5.91 Å². The molecular weight excluding hydrogens is 384 g/mol. The number of tetrazole rings is 1. The van der Waals surface area contributed by atoms with Crippen LogP contribution >= 0.6 is 0 Å². The Morgan fingerprint density at radius 2 is 1.87 bits per heavy atom. The van der Waals surface area contributed by atoms with E-state index in [0.717, 1.165) is 11.5 Å². The minimum absolute atomic E-state index is 0.0103. The molecule has 1 saturated heterocycles. The number of furan rings is 1. The van der Waals surface area contributed by atoms with Gasteiger partial charge in [0.1, 0.15) is 12.0 Å². The van der Waals surface area contributed by atoms with Crippen LogP contribution in [0.15, 0.2) is 65.5 Å². The molecule has 150 valence electrons. The van der Waals surface area contributed by atoms with E-state index in [4.69, 9.17) is 4.42 Å². The predicted molar refractivity (Wildman–Crippen MR) is 107 cm³/mol. The molecule has 0 bridgehead atoms. The molecule has 0 spiro atoms. The summed E-state index contributed by atoms with van der Waals surface area (Å²) >= 11 is 0. The number of carbonyl (C=O) groups excluding carboxylic acids is 1. The Bertz CT molecular complexity index is 1120. The zero-order valence-corrected chi connectivity index (χ0v) is 16.0. The quantitative estimate of drug-likeness (QED) is 0.508. The molecule has 4 aromatic rings. The summed E-state index contributed by atoms with van der Waals surface area (Å²) < 4.78 is 6.87. The van der Waals surface area contributed by atoms with Gasteiger partial charge < -0.3 is 14.2 Å². The van der Waals surface area contributed by atoms with Gasteiger partial charge in [-0.3, -0.25) is 4.79 Å². The lowest BCUT2D eigenvalue weighted by atomic mass is 10.1. The number of hydrogen-bond acceptors (Lipinski definition) is 8. The maximum Gasteiger partial charge on any atom is 0.254 e. The molecule has 1 aliphatic heterocycles. The van der Waals surface area contributed by atoms with Crippen LogP contribution in [0, 0.1) is 0 Å². The SMILES string of the molecule is O=C(c1cccc(-n2cnnn2)c1)N1CCN(c2ccc(-c3ccco3)nn2)CC1. The van der Waals surface area contributed by atoms with Gasteiger partial charge in [0.15, 0.2) is 11.6 Å². The van der Waals surface area contributed by atoms with Gasteiger partial charge in [-0.05, 0) is 52.9 Å². The molecule has 0 N–H and O–H groups in total. The predicted octanol–water partition coefficient (Wildman–Crippen LogP) is 1.67. The van der Waals surface area contributed by atoms with E-state index < -0.39 is 0 Å². The van der Waals surface area contributed by atoms with Crippen molar-refractivity contribution in [2.75, 3.05) is 31.1 Å². The van der Waals surface area contributed by atoms with Crippen molar-refractivity contribution >= 4 is 11.7 Å². The number of piperazine rings is 1. The second-order valence-electron chi connectivity index (χ2n) is 6.84. The van der Waals surface area contributed by atoms with Crippen LogP contribution < -0.4 is 4.90 Å². The maximum absolute atomic E-state index is 12.9. The molecule has 1 aromatic carbocycles. The third-order valence-electron chi connectivity index (χ3n) is 5.02. The molecule has 0 unspecified atom stereocenters. The van der Waals surface area contributed by atoms with E-state index in [2.05, 4.69) is 30.6 Å². The fraction of sp³-hybridized carbons (Fsp3) is 0.200. The van der Waals surface area contributed by atoms with Crippen LogP contribution in [0.1, 0.15) is 10.4 Å². The van der Waals surface area contributed by atoms with Crippen LogP contribution in [0.5, 0.6) is 0 Å². The van der Waals surface area contributed by atoms with Gasteiger partial charge in [-0.1, -0.05) is 6.07 Å². The first kappa shape index (κ1) is 18.0. The van der Waals surface area contributed by atoms with E-state index in [1.54, 1.807) is 18.4 Å². The monoisotopic (exact) mass is 402 g/mol. The van der Waals surface area contributed by atoms with Crippen molar-refractivity contribution in [1.29, 1.82) is 0 Å². The van der Waals surface area contributed by atoms with E-state index in [1.165, 1.54) is 11.0 Å². The van der Waals surface area contributed by atoms with Gasteiger partial charge in [0, 0.05) is 31.7 Å². The summed E-state index contributed by atoms with van der Waals surface area (Å²) in [6.45, 7) is 2.59. The Balaban J connectivity index is 1.24. The summed E-state index contributed by atoms with van der Waals surface area (Å²) in [5.41, 5.74) is 2.05. The average Bonchev–Trinajstić information content (AvgIpc) is 3.54. The van der Waals surface area contributed by atoms with Crippen LogP contribution in [-0.2, 0) is 0 Å². The second-order valence-corrected chi connectivity index (χ2v) is 6.84. The Hall–Kier alpha value is -4.08. The van der Waals surface area contributed by atoms with Crippen molar-refractivity contribution in [1.82, 2.24) is 35.3 Å². The van der Waals surface area contributed by atoms with Gasteiger partial charge in [-0.25, -0.2) is 4.68 Å². The Kier molecular flexibility index (Phi) is 4.64. The van der Waals surface area contributed by atoms with Gasteiger partial charge in [0.2, 0.25) is 0 Å². The largest absolute Gasteiger partial charge is 0.463 e. The topological polar surface area (TPSA) is 106 Å². The highest BCUT2D eigenvalue weighted by Gasteiger charge is 2.23. The molecule has 10 nitrogen and oxygen atoms in total. The van der Waals surface area contributed by atoms with Gasteiger partial charge >= 0.3 is 0 Å². The second kappa shape index (κ2) is 7.74. The fourth-order valence-electron chi connectivity index (χ4n) is 3.43. The van der Waals surface area contributed by atoms with E-state index in [0.29, 0.717) is 43.2 Å². The molecular formula is C20H18N8O2. The summed E-state index contributed by atoms with van der Waals surface area (Å²) in [5, 5.41) is 19.7. The van der Waals surface area contributed by atoms with Gasteiger partial charge in [0.05, 0.1) is 12.0 Å². The van der Waals surface area contributed by atoms with E-state index in [9.17, 15) is 4.79 Å². The first-order valence-electron chi connectivity index (χ1n) is 9.53. The van der Waals surface area contributed by atoms with Crippen LogP contribution in [0.4, 0.5) is 5.82 Å². The normalized spacial score (nSPS) is 14.1. The van der Waals surface area contributed by atoms with E-state index in [1.807, 2.05) is 41.3 Å². The maximum atomic E-state index is 12.9. The summed E-state index contributed by atoms with van der Waals surface area (Å²) in [6, 6.07) is 14.8. The highest BCUT2D eigenvalue weighted by atomic mass is 16.3. The number of amides is 1. The van der Waals surface area contributed by atoms with E-state index >= 15 is 0 Å². The standard InChI is InChI=1S/C20H18N8O2/c29-20(15-3-1-4-16(13-15)28-14-21-24-25-28)27-10-8-26(9-11-27)19-7-6-17(22-23-19)18-5-2-12-30-18/h1-7,12-14H,8-11H2. The molecule has 10 heteroatoms. The van der Waals surface area contributed by atoms with Crippen molar-refractivity contribution in [2.45, 2.75) is 0 Å². The van der Waals surface area contributed by atoms with Crippen LogP contribution in [-0.4, -0.2) is 67.4 Å². The molecule has 1 aliphatic rings. The molecule has 1 fully saturated rings. The van der Waals surface area contributed by atoms with Crippen molar-refractivity contribution in [3.63, 3.8) is 0 Å². The smallest absolute Gasteiger partial charge is 0.254 e. The fourth-order valence-corrected chi connectivity index (χ4v) is 3.43. The zero-order valence-electron chi connectivity index (χ0n) is 16.0. The summed E-state index contributed by atoms with van der Waals surface area (Å²) in [7, 11) is 0. The molecule has 5 rings (SSSR count). The minimum Gasteiger partial charge on any atom is -0.463 e. The third kappa shape index (κ3) is 3.50. The van der Waals surface area contributed by atoms with Crippen LogP contribution in [0.2, 0.25) is 0 Å². The van der Waals surface area contributed by atoms with Crippen LogP contribution in [0.25, 0.3) is 17.1 Å². The Morgan fingerprint density at radius 1 is 0.967 bits per heavy atom. The molecule has 3 aromatic heterocycles. The highest BCUT2D eigenvalue weighted by molar-refractivity contribution is 5.95. The first-order valence-corrected chi connectivity index (χ1v) is 9.53. The molecule has 0 atom stereocenters. The molecule has 30 heavy (non-hydrogen) atoms. The summed E-state index contributed by atoms with van der Waals surface area (Å²) in [4.78, 5) is 16.9. The highest BCUT2D eigenvalue weighted by Crippen LogP contribution is 2.20. The number of hydrogen-bond donors (Lipinski definition) is 0. The van der Waals surface area contributed by atoms with Gasteiger partial charge in [0.25, 0.3) is 5.91 Å². The van der Waals surface area contributed by atoms with Crippen LogP contribution in [0.3, 0.4) is 0 Å². The van der Waals surface area contributed by atoms with Gasteiger partial charge in [-0.15, -0.1) is 15.3 Å². The lowest BCUT2D eigenvalue weighted by Gasteiger charge is -2.35. The summed E-state index contributed by atoms with van der Waals surface area (Å²) in [5.74, 6) is 1.47. The average molecular weight is 402 g/mol. The number of nitrogens with zero attached hydrogens (tertiary/aromatic N) is 8. The van der Waals surface area contributed by atoms with Crippen molar-refractivity contribution in [3.05, 3.63) is 66.7 Å². The zero-order chi connectivity index (χ0) is 20.3. The summed E-state index contributed by atoms with van der Waals surface area (Å²) in [6.07, 6.45) is 3.11. The molecule has 0 aliphatic carbocycles. The van der Waals surface area contributed by atoms with Crippen molar-refractivity contribution in [2.24, 2.45) is 0 Å². The third-order valence-corrected chi connectivity index (χ3v) is 5.02. The molecule has 1 amide bonds. The number of rotatable bonds is 4. The molecule has 0 saturated carbocycles. The first-order chi connectivity index (χ1) is 14.8. The number of carbonyl (C=O) groups is 1. The molecule has 4 heterocycles. The van der Waals surface area contributed by atoms with Gasteiger partial charge in [-0.2, -0.15) is 0 Å².